The van der Waals surface area contributed by atoms with Gasteiger partial charge in [-0.15, -0.1) is 0 Å². The van der Waals surface area contributed by atoms with Crippen LogP contribution in [0.2, 0.25) is 0 Å². The van der Waals surface area contributed by atoms with E-state index in [1.807, 2.05) is 43.3 Å². The van der Waals surface area contributed by atoms with Crippen LogP contribution >= 0.6 is 11.5 Å². The molecule has 2 N–H and O–H groups in total. The molecule has 28 heavy (non-hydrogen) atoms. The lowest BCUT2D eigenvalue weighted by Gasteiger charge is -2.11. The number of aryl methyl sites for hydroxylation is 1. The highest BCUT2D eigenvalue weighted by molar-refractivity contribution is 7.10. The Bertz CT molecular complexity index is 1110. The molecule has 4 aromatic rings. The number of methoxy groups -OCH3 is 2. The number of hydrogen-bond donors (Lipinski definition) is 2. The second-order valence-corrected chi connectivity index (χ2v) is 6.84. The molecule has 0 fully saturated rings. The number of hydrogen-bond acceptors (Lipinski definition) is 6. The number of benzene rings is 2. The Morgan fingerprint density at radius 1 is 1.18 bits per heavy atom. The van der Waals surface area contributed by atoms with Crippen LogP contribution in [-0.4, -0.2) is 34.5 Å². The maximum absolute atomic E-state index is 12.5. The fraction of sp³-hybridized carbons (Fsp3) is 0.150. The first-order valence-corrected chi connectivity index (χ1v) is 9.24. The van der Waals surface area contributed by atoms with Gasteiger partial charge in [0.05, 0.1) is 14.2 Å². The molecule has 7 nitrogen and oxygen atoms in total. The monoisotopic (exact) mass is 393 g/mol. The largest absolute Gasteiger partial charge is 0.496 e. The second kappa shape index (κ2) is 7.32. The van der Waals surface area contributed by atoms with Gasteiger partial charge < -0.3 is 14.5 Å². The van der Waals surface area contributed by atoms with Crippen molar-refractivity contribution in [3.8, 4) is 22.9 Å². The fourth-order valence-electron chi connectivity index (χ4n) is 2.91. The van der Waals surface area contributed by atoms with Crippen molar-refractivity contribution >= 4 is 33.5 Å². The number of H-pyrrole nitrogens is 1. The van der Waals surface area contributed by atoms with Crippen molar-refractivity contribution in [3.05, 3.63) is 53.7 Å². The van der Waals surface area contributed by atoms with Gasteiger partial charge in [0.2, 0.25) is 5.13 Å². The number of para-hydroxylation sites is 1. The number of fused-ring (bicyclic) bond motifs is 1. The molecule has 1 amide bonds. The summed E-state index contributed by atoms with van der Waals surface area (Å²) in [5.74, 6) is 1.31. The van der Waals surface area contributed by atoms with Crippen LogP contribution in [0.4, 0.5) is 5.13 Å². The molecule has 1 radical (unpaired) electrons. The van der Waals surface area contributed by atoms with Crippen LogP contribution in [0.25, 0.3) is 22.3 Å². The Labute approximate surface area is 165 Å². The van der Waals surface area contributed by atoms with E-state index in [0.717, 1.165) is 28.0 Å². The molecule has 0 spiro atoms. The van der Waals surface area contributed by atoms with Crippen LogP contribution in [-0.2, 0) is 0 Å². The molecular weight excluding hydrogens is 376 g/mol. The number of rotatable bonds is 5. The van der Waals surface area contributed by atoms with E-state index in [4.69, 9.17) is 9.47 Å². The average Bonchev–Trinajstić information content (AvgIpc) is 3.33. The van der Waals surface area contributed by atoms with Crippen molar-refractivity contribution in [2.75, 3.05) is 19.5 Å². The quantitative estimate of drug-likeness (QED) is 0.534. The van der Waals surface area contributed by atoms with E-state index in [1.165, 1.54) is 0 Å². The lowest BCUT2D eigenvalue weighted by molar-refractivity contribution is 0.102. The van der Waals surface area contributed by atoms with Gasteiger partial charge in [0, 0.05) is 28.5 Å². The molecule has 0 unspecified atom stereocenters. The van der Waals surface area contributed by atoms with Crippen molar-refractivity contribution in [1.82, 2.24) is 14.3 Å². The Morgan fingerprint density at radius 3 is 2.57 bits per heavy atom. The number of nitrogens with one attached hydrogen (secondary N) is 2. The second-order valence-electron chi connectivity index (χ2n) is 6.09. The summed E-state index contributed by atoms with van der Waals surface area (Å²) in [6, 6.07) is 14.4. The molecule has 0 aliphatic heterocycles. The third-order valence-corrected chi connectivity index (χ3v) is 4.82. The molecule has 0 saturated heterocycles. The number of ether oxygens (including phenoxy) is 2. The third-order valence-electron chi connectivity index (χ3n) is 4.19. The summed E-state index contributed by atoms with van der Waals surface area (Å²) >= 11 is 1.08. The highest BCUT2D eigenvalue weighted by atomic mass is 32.1. The Morgan fingerprint density at radius 2 is 1.89 bits per heavy atom. The van der Waals surface area contributed by atoms with Gasteiger partial charge >= 0.3 is 0 Å². The number of carbonyl (C=O) groups is 1. The molecule has 8 heteroatoms. The molecule has 2 heterocycles. The predicted octanol–water partition coefficient (Wildman–Crippen LogP) is 4.06. The fourth-order valence-corrected chi connectivity index (χ4v) is 3.48. The number of carbonyl (C=O) groups excluding carboxylic acids is 1. The number of nitrogens with zero attached hydrogens (tertiary/aromatic N) is 2. The van der Waals surface area contributed by atoms with E-state index in [1.54, 1.807) is 14.2 Å². The van der Waals surface area contributed by atoms with Crippen molar-refractivity contribution in [1.29, 1.82) is 0 Å². The summed E-state index contributed by atoms with van der Waals surface area (Å²) in [5.41, 5.74) is 2.82. The molecule has 0 atom stereocenters. The van der Waals surface area contributed by atoms with E-state index in [-0.39, 0.29) is 5.91 Å². The minimum atomic E-state index is -0.332. The third kappa shape index (κ3) is 3.29. The van der Waals surface area contributed by atoms with Crippen molar-refractivity contribution in [2.45, 2.75) is 6.92 Å². The Balaban J connectivity index is 1.62. The molecule has 2 aromatic heterocycles. The van der Waals surface area contributed by atoms with Gasteiger partial charge in [-0.05, 0) is 30.7 Å². The summed E-state index contributed by atoms with van der Waals surface area (Å²) in [7, 11) is 3.16. The molecule has 4 rings (SSSR count). The number of anilines is 1. The molecule has 0 aliphatic carbocycles. The van der Waals surface area contributed by atoms with Crippen LogP contribution in [0.1, 0.15) is 16.1 Å². The van der Waals surface area contributed by atoms with Crippen LogP contribution in [0.3, 0.4) is 0 Å². The molecular formula is C20H17N4O3S. The zero-order valence-electron chi connectivity index (χ0n) is 15.5. The van der Waals surface area contributed by atoms with Crippen LogP contribution in [0.15, 0.2) is 36.4 Å². The molecule has 0 bridgehead atoms. The van der Waals surface area contributed by atoms with Gasteiger partial charge in [-0.25, -0.2) is 0 Å². The van der Waals surface area contributed by atoms with E-state index in [9.17, 15) is 4.79 Å². The molecule has 0 saturated carbocycles. The van der Waals surface area contributed by atoms with Gasteiger partial charge in [0.1, 0.15) is 22.8 Å². The highest BCUT2D eigenvalue weighted by Gasteiger charge is 2.19. The first-order valence-electron chi connectivity index (χ1n) is 8.47. The lowest BCUT2D eigenvalue weighted by Crippen LogP contribution is -2.12. The van der Waals surface area contributed by atoms with Crippen LogP contribution < -0.4 is 14.8 Å². The van der Waals surface area contributed by atoms with Gasteiger partial charge in [-0.2, -0.15) is 9.36 Å². The Kier molecular flexibility index (Phi) is 4.70. The van der Waals surface area contributed by atoms with Crippen molar-refractivity contribution in [3.63, 3.8) is 0 Å². The zero-order chi connectivity index (χ0) is 19.7. The molecule has 2 aromatic carbocycles. The number of aromatic amines is 1. The summed E-state index contributed by atoms with van der Waals surface area (Å²) in [4.78, 5) is 20.0. The zero-order valence-corrected chi connectivity index (χ0v) is 16.3. The SMILES string of the molecule is COc1cc(C)cc(OC)c1-c1nsc(NC(=O)c2[c]c3ccccc3[nH]2)n1. The summed E-state index contributed by atoms with van der Waals surface area (Å²) in [6.45, 7) is 1.95. The highest BCUT2D eigenvalue weighted by Crippen LogP contribution is 2.39. The minimum Gasteiger partial charge on any atom is -0.496 e. The standard InChI is InChI=1S/C20H17N4O3S/c1-11-8-15(26-2)17(16(9-11)27-3)18-22-20(28-24-18)23-19(25)14-10-12-6-4-5-7-13(12)21-14/h4-9,21H,1-3H3,(H,22,23,24,25). The first-order chi connectivity index (χ1) is 13.6. The van der Waals surface area contributed by atoms with E-state index in [2.05, 4.69) is 25.7 Å². The topological polar surface area (TPSA) is 89.1 Å². The summed E-state index contributed by atoms with van der Waals surface area (Å²) in [6.07, 6.45) is 0. The van der Waals surface area contributed by atoms with E-state index < -0.39 is 0 Å². The van der Waals surface area contributed by atoms with E-state index in [0.29, 0.717) is 33.7 Å². The molecule has 0 aliphatic rings. The van der Waals surface area contributed by atoms with Crippen molar-refractivity contribution < 1.29 is 14.3 Å². The lowest BCUT2D eigenvalue weighted by atomic mass is 10.1. The van der Waals surface area contributed by atoms with Gasteiger partial charge in [-0.3, -0.25) is 10.1 Å². The Hall–Kier alpha value is -3.39. The number of aromatic nitrogens is 3. The molecule has 141 valence electrons. The van der Waals surface area contributed by atoms with Gasteiger partial charge in [0.15, 0.2) is 5.82 Å². The summed E-state index contributed by atoms with van der Waals surface area (Å²) in [5, 5.41) is 3.98. The smallest absolute Gasteiger partial charge is 0.274 e. The van der Waals surface area contributed by atoms with Crippen molar-refractivity contribution in [2.24, 2.45) is 0 Å². The minimum absolute atomic E-state index is 0.332. The maximum atomic E-state index is 12.5. The first kappa shape index (κ1) is 18.0. The van der Waals surface area contributed by atoms with Crippen LogP contribution in [0, 0.1) is 13.0 Å². The average molecular weight is 393 g/mol. The van der Waals surface area contributed by atoms with E-state index >= 15 is 0 Å². The van der Waals surface area contributed by atoms with Gasteiger partial charge in [0.25, 0.3) is 5.91 Å². The van der Waals surface area contributed by atoms with Crippen LogP contribution in [0.5, 0.6) is 11.5 Å². The number of amides is 1. The normalized spacial score (nSPS) is 10.8. The maximum Gasteiger partial charge on any atom is 0.274 e. The predicted molar refractivity (Wildman–Crippen MR) is 108 cm³/mol. The summed E-state index contributed by atoms with van der Waals surface area (Å²) < 4.78 is 15.3. The van der Waals surface area contributed by atoms with Gasteiger partial charge in [-0.1, -0.05) is 18.2 Å².